The maximum absolute atomic E-state index is 10.3. The summed E-state index contributed by atoms with van der Waals surface area (Å²) in [5, 5.41) is 16.8. The smallest absolute Gasteiger partial charge is 0.306 e. The van der Waals surface area contributed by atoms with Crippen LogP contribution >= 0.6 is 0 Å². The molecule has 0 bridgehead atoms. The Morgan fingerprint density at radius 3 is 2.64 bits per heavy atom. The Labute approximate surface area is 66.4 Å². The summed E-state index contributed by atoms with van der Waals surface area (Å²) >= 11 is 0. The molecule has 2 N–H and O–H groups in total. The lowest BCUT2D eigenvalue weighted by molar-refractivity contribution is -0.141. The molecule has 0 aromatic rings. The summed E-state index contributed by atoms with van der Waals surface area (Å²) in [6, 6.07) is 0. The van der Waals surface area contributed by atoms with E-state index in [1.54, 1.807) is 19.1 Å². The SMILES string of the molecule is CC(CC/C=C/CO)C(=O)O. The fraction of sp³-hybridized carbons (Fsp3) is 0.625. The Kier molecular flexibility index (Phi) is 5.47. The molecular formula is C8H14O3. The van der Waals surface area contributed by atoms with Crippen LogP contribution < -0.4 is 0 Å². The van der Waals surface area contributed by atoms with Gasteiger partial charge >= 0.3 is 5.97 Å². The van der Waals surface area contributed by atoms with Gasteiger partial charge in [0, 0.05) is 0 Å². The number of rotatable bonds is 5. The molecule has 0 spiro atoms. The second-order valence-corrected chi connectivity index (χ2v) is 2.47. The molecule has 1 atom stereocenters. The third-order valence-electron chi connectivity index (χ3n) is 1.46. The average Bonchev–Trinajstić information content (AvgIpc) is 1.97. The van der Waals surface area contributed by atoms with Crippen molar-refractivity contribution < 1.29 is 15.0 Å². The maximum atomic E-state index is 10.3. The first kappa shape index (κ1) is 10.2. The van der Waals surface area contributed by atoms with E-state index in [0.29, 0.717) is 12.8 Å². The van der Waals surface area contributed by atoms with Crippen LogP contribution in [0.2, 0.25) is 0 Å². The molecule has 0 aliphatic rings. The molecule has 0 saturated carbocycles. The van der Waals surface area contributed by atoms with Gasteiger partial charge in [-0.25, -0.2) is 0 Å². The van der Waals surface area contributed by atoms with Crippen LogP contribution in [0.4, 0.5) is 0 Å². The van der Waals surface area contributed by atoms with Crippen LogP contribution in [0.1, 0.15) is 19.8 Å². The number of carboxylic acids is 1. The molecule has 3 nitrogen and oxygen atoms in total. The van der Waals surface area contributed by atoms with Gasteiger partial charge in [0.1, 0.15) is 0 Å². The molecule has 0 fully saturated rings. The van der Waals surface area contributed by atoms with E-state index in [2.05, 4.69) is 0 Å². The Bertz CT molecular complexity index is 140. The normalized spacial score (nSPS) is 13.6. The summed E-state index contributed by atoms with van der Waals surface area (Å²) in [4.78, 5) is 10.3. The topological polar surface area (TPSA) is 57.5 Å². The molecule has 0 aromatic heterocycles. The highest BCUT2D eigenvalue weighted by atomic mass is 16.4. The van der Waals surface area contributed by atoms with Crippen molar-refractivity contribution in [2.45, 2.75) is 19.8 Å². The zero-order valence-corrected chi connectivity index (χ0v) is 6.66. The lowest BCUT2D eigenvalue weighted by Crippen LogP contribution is -2.08. The fourth-order valence-electron chi connectivity index (χ4n) is 0.662. The summed E-state index contributed by atoms with van der Waals surface area (Å²) in [6.07, 6.45) is 4.76. The third-order valence-corrected chi connectivity index (χ3v) is 1.46. The number of hydrogen-bond acceptors (Lipinski definition) is 2. The van der Waals surface area contributed by atoms with Crippen LogP contribution in [0.3, 0.4) is 0 Å². The van der Waals surface area contributed by atoms with E-state index in [9.17, 15) is 4.79 Å². The highest BCUT2D eigenvalue weighted by Crippen LogP contribution is 2.05. The van der Waals surface area contributed by atoms with Gasteiger partial charge < -0.3 is 10.2 Å². The van der Waals surface area contributed by atoms with Crippen molar-refractivity contribution >= 4 is 5.97 Å². The molecule has 64 valence electrons. The standard InChI is InChI=1S/C8H14O3/c1-7(8(10)11)5-3-2-4-6-9/h2,4,7,9H,3,5-6H2,1H3,(H,10,11)/b4-2+. The van der Waals surface area contributed by atoms with E-state index in [4.69, 9.17) is 10.2 Å². The molecule has 0 saturated heterocycles. The molecule has 0 aromatic carbocycles. The van der Waals surface area contributed by atoms with Crippen LogP contribution in [0, 0.1) is 5.92 Å². The molecule has 0 amide bonds. The summed E-state index contributed by atoms with van der Waals surface area (Å²) in [5.41, 5.74) is 0. The van der Waals surface area contributed by atoms with Crippen LogP contribution in [-0.2, 0) is 4.79 Å². The highest BCUT2D eigenvalue weighted by Gasteiger charge is 2.07. The van der Waals surface area contributed by atoms with E-state index < -0.39 is 5.97 Å². The molecule has 0 radical (unpaired) electrons. The molecule has 1 unspecified atom stereocenters. The van der Waals surface area contributed by atoms with Crippen LogP contribution in [0.5, 0.6) is 0 Å². The first-order chi connectivity index (χ1) is 5.18. The molecule has 3 heteroatoms. The molecular weight excluding hydrogens is 144 g/mol. The Balaban J connectivity index is 3.38. The van der Waals surface area contributed by atoms with Crippen molar-refractivity contribution in [3.05, 3.63) is 12.2 Å². The Morgan fingerprint density at radius 1 is 1.55 bits per heavy atom. The second kappa shape index (κ2) is 5.92. The van der Waals surface area contributed by atoms with Crippen LogP contribution in [-0.4, -0.2) is 22.8 Å². The van der Waals surface area contributed by atoms with Crippen LogP contribution in [0.15, 0.2) is 12.2 Å². The monoisotopic (exact) mass is 158 g/mol. The van der Waals surface area contributed by atoms with Gasteiger partial charge in [-0.1, -0.05) is 19.1 Å². The third kappa shape index (κ3) is 5.61. The minimum atomic E-state index is -0.762. The minimum Gasteiger partial charge on any atom is -0.481 e. The van der Waals surface area contributed by atoms with Gasteiger partial charge in [0.15, 0.2) is 0 Å². The number of carboxylic acid groups (broad SMARTS) is 1. The van der Waals surface area contributed by atoms with E-state index in [1.807, 2.05) is 0 Å². The largest absolute Gasteiger partial charge is 0.481 e. The quantitative estimate of drug-likeness (QED) is 0.588. The minimum absolute atomic E-state index is 0.0292. The number of hydrogen-bond donors (Lipinski definition) is 2. The van der Waals surface area contributed by atoms with Gasteiger partial charge in [0.2, 0.25) is 0 Å². The van der Waals surface area contributed by atoms with Gasteiger partial charge in [-0.05, 0) is 12.8 Å². The number of aliphatic hydroxyl groups is 1. The van der Waals surface area contributed by atoms with E-state index >= 15 is 0 Å². The van der Waals surface area contributed by atoms with E-state index in [1.165, 1.54) is 0 Å². The van der Waals surface area contributed by atoms with Crippen molar-refractivity contribution in [3.63, 3.8) is 0 Å². The van der Waals surface area contributed by atoms with Crippen LogP contribution in [0.25, 0.3) is 0 Å². The first-order valence-electron chi connectivity index (χ1n) is 3.67. The predicted molar refractivity (Wildman–Crippen MR) is 42.3 cm³/mol. The second-order valence-electron chi connectivity index (χ2n) is 2.47. The molecule has 11 heavy (non-hydrogen) atoms. The lowest BCUT2D eigenvalue weighted by Gasteiger charge is -2.01. The molecule has 0 aliphatic carbocycles. The zero-order valence-electron chi connectivity index (χ0n) is 6.66. The number of aliphatic carboxylic acids is 1. The van der Waals surface area contributed by atoms with Gasteiger partial charge in [-0.3, -0.25) is 4.79 Å². The summed E-state index contributed by atoms with van der Waals surface area (Å²) in [6.45, 7) is 1.70. The van der Waals surface area contributed by atoms with E-state index in [0.717, 1.165) is 0 Å². The Morgan fingerprint density at radius 2 is 2.18 bits per heavy atom. The number of carbonyl (C=O) groups is 1. The molecule has 0 rings (SSSR count). The van der Waals surface area contributed by atoms with Crippen molar-refractivity contribution in [3.8, 4) is 0 Å². The first-order valence-corrected chi connectivity index (χ1v) is 3.67. The maximum Gasteiger partial charge on any atom is 0.306 e. The van der Waals surface area contributed by atoms with Gasteiger partial charge in [-0.2, -0.15) is 0 Å². The van der Waals surface area contributed by atoms with E-state index in [-0.39, 0.29) is 12.5 Å². The van der Waals surface area contributed by atoms with Crippen molar-refractivity contribution in [1.82, 2.24) is 0 Å². The predicted octanol–water partition coefficient (Wildman–Crippen LogP) is 1.04. The lowest BCUT2D eigenvalue weighted by atomic mass is 10.1. The zero-order chi connectivity index (χ0) is 8.69. The van der Waals surface area contributed by atoms with Crippen molar-refractivity contribution in [2.75, 3.05) is 6.61 Å². The highest BCUT2D eigenvalue weighted by molar-refractivity contribution is 5.69. The molecule has 0 aliphatic heterocycles. The van der Waals surface area contributed by atoms with Gasteiger partial charge in [0.25, 0.3) is 0 Å². The molecule has 0 heterocycles. The fourth-order valence-corrected chi connectivity index (χ4v) is 0.662. The average molecular weight is 158 g/mol. The van der Waals surface area contributed by atoms with Crippen molar-refractivity contribution in [1.29, 1.82) is 0 Å². The number of aliphatic hydroxyl groups excluding tert-OH is 1. The number of allylic oxidation sites excluding steroid dienone is 1. The summed E-state index contributed by atoms with van der Waals surface area (Å²) in [5.74, 6) is -1.05. The van der Waals surface area contributed by atoms with Crippen molar-refractivity contribution in [2.24, 2.45) is 5.92 Å². The Hall–Kier alpha value is -0.830. The summed E-state index contributed by atoms with van der Waals surface area (Å²) in [7, 11) is 0. The summed E-state index contributed by atoms with van der Waals surface area (Å²) < 4.78 is 0. The van der Waals surface area contributed by atoms with Gasteiger partial charge in [0.05, 0.1) is 12.5 Å². The van der Waals surface area contributed by atoms with Gasteiger partial charge in [-0.15, -0.1) is 0 Å².